The number of rotatable bonds is 9. The highest BCUT2D eigenvalue weighted by atomic mass is 19.3. The minimum Gasteiger partial charge on any atom is -0.435 e. The average molecular weight is 297 g/mol. The normalized spacial score (nSPS) is 17.8. The van der Waals surface area contributed by atoms with Crippen LogP contribution in [0.15, 0.2) is 24.3 Å². The molecule has 2 atom stereocenters. The van der Waals surface area contributed by atoms with Gasteiger partial charge in [0.2, 0.25) is 0 Å². The van der Waals surface area contributed by atoms with Gasteiger partial charge in [-0.2, -0.15) is 8.78 Å². The van der Waals surface area contributed by atoms with Crippen molar-refractivity contribution in [3.05, 3.63) is 29.8 Å². The summed E-state index contributed by atoms with van der Waals surface area (Å²) in [6, 6.07) is 7.98. The van der Waals surface area contributed by atoms with Crippen LogP contribution in [-0.2, 0) is 6.42 Å². The summed E-state index contributed by atoms with van der Waals surface area (Å²) < 4.78 is 28.5. The minimum absolute atomic E-state index is 0.220. The highest BCUT2D eigenvalue weighted by Gasteiger charge is 2.23. The first kappa shape index (κ1) is 16.2. The van der Waals surface area contributed by atoms with Crippen molar-refractivity contribution in [3.63, 3.8) is 0 Å². The summed E-state index contributed by atoms with van der Waals surface area (Å²) in [6.07, 6.45) is 6.06. The molecule has 2 nitrogen and oxygen atoms in total. The van der Waals surface area contributed by atoms with Crippen LogP contribution >= 0.6 is 0 Å². The van der Waals surface area contributed by atoms with Crippen LogP contribution in [0.4, 0.5) is 8.78 Å². The maximum Gasteiger partial charge on any atom is 0.387 e. The van der Waals surface area contributed by atoms with E-state index in [1.54, 1.807) is 12.1 Å². The summed E-state index contributed by atoms with van der Waals surface area (Å²) >= 11 is 0. The molecule has 4 heteroatoms. The molecule has 0 amide bonds. The van der Waals surface area contributed by atoms with Crippen LogP contribution < -0.4 is 10.1 Å². The summed E-state index contributed by atoms with van der Waals surface area (Å²) in [5, 5.41) is 3.64. The number of nitrogens with one attached hydrogen (secondary N) is 1. The third-order valence-corrected chi connectivity index (χ3v) is 3.97. The van der Waals surface area contributed by atoms with E-state index < -0.39 is 6.61 Å². The fourth-order valence-corrected chi connectivity index (χ4v) is 2.71. The van der Waals surface area contributed by atoms with Crippen molar-refractivity contribution in [1.29, 1.82) is 0 Å². The third-order valence-electron chi connectivity index (χ3n) is 3.97. The number of benzene rings is 1. The van der Waals surface area contributed by atoms with Gasteiger partial charge in [0, 0.05) is 12.1 Å². The van der Waals surface area contributed by atoms with Gasteiger partial charge in [0.05, 0.1) is 0 Å². The largest absolute Gasteiger partial charge is 0.435 e. The molecule has 0 aromatic heterocycles. The molecule has 2 rings (SSSR count). The highest BCUT2D eigenvalue weighted by molar-refractivity contribution is 5.27. The maximum atomic E-state index is 12.1. The van der Waals surface area contributed by atoms with Crippen LogP contribution in [0.5, 0.6) is 5.75 Å². The molecule has 21 heavy (non-hydrogen) atoms. The van der Waals surface area contributed by atoms with Crippen LogP contribution in [-0.4, -0.2) is 18.7 Å². The summed E-state index contributed by atoms with van der Waals surface area (Å²) in [5.41, 5.74) is 1.15. The van der Waals surface area contributed by atoms with Crippen LogP contribution in [0.2, 0.25) is 0 Å². The van der Waals surface area contributed by atoms with Gasteiger partial charge >= 0.3 is 6.61 Å². The molecule has 0 radical (unpaired) electrons. The topological polar surface area (TPSA) is 21.3 Å². The first-order valence-electron chi connectivity index (χ1n) is 7.82. The molecule has 1 aromatic carbocycles. The zero-order valence-corrected chi connectivity index (χ0v) is 12.8. The number of halogens is 2. The number of ether oxygens (including phenoxy) is 1. The number of hydrogen-bond acceptors (Lipinski definition) is 2. The second-order valence-corrected chi connectivity index (χ2v) is 6.21. The third kappa shape index (κ3) is 6.42. The Morgan fingerprint density at radius 3 is 2.38 bits per heavy atom. The standard InChI is InChI=1S/C17H25F2NO/c1-12(20-13(2)11-15-5-6-15)3-4-14-7-9-16(10-8-14)21-17(18)19/h7-10,12-13,15,17,20H,3-6,11H2,1-2H3. The number of alkyl halides is 2. The zero-order valence-electron chi connectivity index (χ0n) is 12.8. The van der Waals surface area contributed by atoms with E-state index in [9.17, 15) is 8.78 Å². The van der Waals surface area contributed by atoms with Crippen LogP contribution in [0.1, 0.15) is 45.1 Å². The highest BCUT2D eigenvalue weighted by Crippen LogP contribution is 2.33. The van der Waals surface area contributed by atoms with Gasteiger partial charge in [-0.1, -0.05) is 25.0 Å². The molecule has 118 valence electrons. The van der Waals surface area contributed by atoms with Crippen molar-refractivity contribution in [3.8, 4) is 5.75 Å². The van der Waals surface area contributed by atoms with Gasteiger partial charge in [0.25, 0.3) is 0 Å². The molecule has 1 saturated carbocycles. The monoisotopic (exact) mass is 297 g/mol. The van der Waals surface area contributed by atoms with E-state index >= 15 is 0 Å². The lowest BCUT2D eigenvalue weighted by Crippen LogP contribution is -2.35. The van der Waals surface area contributed by atoms with E-state index in [0.717, 1.165) is 24.3 Å². The van der Waals surface area contributed by atoms with Gasteiger partial charge in [-0.15, -0.1) is 0 Å². The number of hydrogen-bond donors (Lipinski definition) is 1. The smallest absolute Gasteiger partial charge is 0.387 e. The van der Waals surface area contributed by atoms with E-state index in [2.05, 4.69) is 23.9 Å². The van der Waals surface area contributed by atoms with Gasteiger partial charge in [-0.3, -0.25) is 0 Å². The van der Waals surface area contributed by atoms with Gasteiger partial charge in [-0.25, -0.2) is 0 Å². The molecule has 1 aliphatic carbocycles. The quantitative estimate of drug-likeness (QED) is 0.730. The SMILES string of the molecule is CC(CCc1ccc(OC(F)F)cc1)NC(C)CC1CC1. The van der Waals surface area contributed by atoms with E-state index in [0.29, 0.717) is 12.1 Å². The molecule has 2 unspecified atom stereocenters. The first-order chi connectivity index (χ1) is 10.0. The molecule has 1 aliphatic rings. The molecule has 1 fully saturated rings. The predicted octanol–water partition coefficient (Wildman–Crippen LogP) is 4.39. The maximum absolute atomic E-state index is 12.1. The molecular weight excluding hydrogens is 272 g/mol. The second-order valence-electron chi connectivity index (χ2n) is 6.21. The Bertz CT molecular complexity index is 417. The summed E-state index contributed by atoms with van der Waals surface area (Å²) in [7, 11) is 0. The Morgan fingerprint density at radius 1 is 1.14 bits per heavy atom. The predicted molar refractivity (Wildman–Crippen MR) is 80.8 cm³/mol. The molecule has 1 N–H and O–H groups in total. The van der Waals surface area contributed by atoms with Gasteiger partial charge < -0.3 is 10.1 Å². The Morgan fingerprint density at radius 2 is 1.81 bits per heavy atom. The van der Waals surface area contributed by atoms with Crippen molar-refractivity contribution >= 4 is 0 Å². The molecule has 0 spiro atoms. The van der Waals surface area contributed by atoms with Crippen molar-refractivity contribution in [2.45, 2.75) is 64.6 Å². The Hall–Kier alpha value is -1.16. The molecule has 0 heterocycles. The van der Waals surface area contributed by atoms with Gasteiger partial charge in [-0.05, 0) is 56.7 Å². The van der Waals surface area contributed by atoms with Crippen molar-refractivity contribution < 1.29 is 13.5 Å². The average Bonchev–Trinajstić information content (AvgIpc) is 3.21. The molecule has 0 bridgehead atoms. The Balaban J connectivity index is 1.68. The molecular formula is C17H25F2NO. The van der Waals surface area contributed by atoms with E-state index in [1.807, 2.05) is 12.1 Å². The van der Waals surface area contributed by atoms with Crippen molar-refractivity contribution in [2.75, 3.05) is 0 Å². The second kappa shape index (κ2) is 7.74. The lowest BCUT2D eigenvalue weighted by molar-refractivity contribution is -0.0498. The number of aryl methyl sites for hydroxylation is 1. The van der Waals surface area contributed by atoms with Crippen LogP contribution in [0.25, 0.3) is 0 Å². The summed E-state index contributed by atoms with van der Waals surface area (Å²) in [6.45, 7) is 1.70. The van der Waals surface area contributed by atoms with Crippen LogP contribution in [0, 0.1) is 5.92 Å². The van der Waals surface area contributed by atoms with Crippen molar-refractivity contribution in [1.82, 2.24) is 5.32 Å². The van der Waals surface area contributed by atoms with E-state index in [4.69, 9.17) is 0 Å². The minimum atomic E-state index is -2.76. The van der Waals surface area contributed by atoms with E-state index in [-0.39, 0.29) is 5.75 Å². The Labute approximate surface area is 125 Å². The molecule has 0 saturated heterocycles. The lowest BCUT2D eigenvalue weighted by Gasteiger charge is -2.20. The van der Waals surface area contributed by atoms with Gasteiger partial charge in [0.15, 0.2) is 0 Å². The fraction of sp³-hybridized carbons (Fsp3) is 0.647. The van der Waals surface area contributed by atoms with E-state index in [1.165, 1.54) is 19.3 Å². The first-order valence-corrected chi connectivity index (χ1v) is 7.82. The molecule has 1 aromatic rings. The lowest BCUT2D eigenvalue weighted by atomic mass is 10.0. The van der Waals surface area contributed by atoms with Crippen LogP contribution in [0.3, 0.4) is 0 Å². The summed E-state index contributed by atoms with van der Waals surface area (Å²) in [5.74, 6) is 1.17. The zero-order chi connectivity index (χ0) is 15.2. The fourth-order valence-electron chi connectivity index (χ4n) is 2.71. The molecule has 0 aliphatic heterocycles. The van der Waals surface area contributed by atoms with Crippen molar-refractivity contribution in [2.24, 2.45) is 5.92 Å². The Kier molecular flexibility index (Phi) is 5.97. The van der Waals surface area contributed by atoms with Gasteiger partial charge in [0.1, 0.15) is 5.75 Å². The summed E-state index contributed by atoms with van der Waals surface area (Å²) in [4.78, 5) is 0.